The highest BCUT2D eigenvalue weighted by Gasteiger charge is 2.09. The molecule has 0 fully saturated rings. The Morgan fingerprint density at radius 1 is 1.17 bits per heavy atom. The van der Waals surface area contributed by atoms with E-state index in [1.165, 1.54) is 5.56 Å². The molecule has 0 atom stereocenters. The molecule has 0 bridgehead atoms. The highest BCUT2D eigenvalue weighted by Crippen LogP contribution is 2.03. The molecule has 1 aromatic rings. The summed E-state index contributed by atoms with van der Waals surface area (Å²) in [7, 11) is 1.76. The zero-order valence-corrected chi connectivity index (χ0v) is 10.6. The molecule has 0 aliphatic heterocycles. The molecule has 1 rings (SSSR count). The van der Waals surface area contributed by atoms with Crippen molar-refractivity contribution in [3.05, 3.63) is 35.9 Å². The number of likely N-dealkylation sites (N-methyl/N-ethyl adjacent to an activating group) is 1. The van der Waals surface area contributed by atoms with Gasteiger partial charge in [-0.05, 0) is 18.4 Å². The topological polar surface area (TPSA) is 57.6 Å². The summed E-state index contributed by atoms with van der Waals surface area (Å²) in [5, 5.41) is 8.49. The number of carboxylic acids is 1. The molecule has 0 unspecified atom stereocenters. The molecule has 4 heteroatoms. The minimum Gasteiger partial charge on any atom is -0.481 e. The molecule has 98 valence electrons. The van der Waals surface area contributed by atoms with Gasteiger partial charge in [0.25, 0.3) is 0 Å². The number of aliphatic carboxylic acids is 1. The van der Waals surface area contributed by atoms with Crippen molar-refractivity contribution in [3.8, 4) is 0 Å². The van der Waals surface area contributed by atoms with Gasteiger partial charge in [-0.3, -0.25) is 9.59 Å². The first-order chi connectivity index (χ1) is 8.59. The van der Waals surface area contributed by atoms with Crippen molar-refractivity contribution in [2.45, 2.75) is 25.7 Å². The van der Waals surface area contributed by atoms with E-state index < -0.39 is 5.97 Å². The average molecular weight is 249 g/mol. The van der Waals surface area contributed by atoms with Gasteiger partial charge in [0.1, 0.15) is 0 Å². The summed E-state index contributed by atoms with van der Waals surface area (Å²) in [5.74, 6) is -0.845. The molecule has 0 aliphatic rings. The third-order valence-electron chi connectivity index (χ3n) is 2.79. The number of carboxylic acid groups (broad SMARTS) is 1. The van der Waals surface area contributed by atoms with Gasteiger partial charge in [-0.15, -0.1) is 0 Å². The van der Waals surface area contributed by atoms with Crippen LogP contribution in [0.5, 0.6) is 0 Å². The fourth-order valence-corrected chi connectivity index (χ4v) is 1.65. The Labute approximate surface area is 107 Å². The van der Waals surface area contributed by atoms with Crippen LogP contribution in [0.25, 0.3) is 0 Å². The van der Waals surface area contributed by atoms with Crippen LogP contribution < -0.4 is 0 Å². The monoisotopic (exact) mass is 249 g/mol. The lowest BCUT2D eigenvalue weighted by Gasteiger charge is -2.16. The molecule has 0 aliphatic carbocycles. The van der Waals surface area contributed by atoms with Crippen LogP contribution >= 0.6 is 0 Å². The fourth-order valence-electron chi connectivity index (χ4n) is 1.65. The second-order valence-corrected chi connectivity index (χ2v) is 4.30. The largest absolute Gasteiger partial charge is 0.481 e. The molecule has 1 amide bonds. The Morgan fingerprint density at radius 3 is 2.44 bits per heavy atom. The van der Waals surface area contributed by atoms with Crippen molar-refractivity contribution >= 4 is 11.9 Å². The third-order valence-corrected chi connectivity index (χ3v) is 2.79. The van der Waals surface area contributed by atoms with Crippen LogP contribution in [0.15, 0.2) is 30.3 Å². The molecule has 18 heavy (non-hydrogen) atoms. The number of rotatable bonds is 7. The van der Waals surface area contributed by atoms with Gasteiger partial charge in [0.2, 0.25) is 5.91 Å². The zero-order chi connectivity index (χ0) is 13.4. The predicted molar refractivity (Wildman–Crippen MR) is 69.3 cm³/mol. The first kappa shape index (κ1) is 14.2. The van der Waals surface area contributed by atoms with Gasteiger partial charge < -0.3 is 10.0 Å². The average Bonchev–Trinajstić information content (AvgIpc) is 2.36. The highest BCUT2D eigenvalue weighted by molar-refractivity contribution is 5.76. The van der Waals surface area contributed by atoms with Gasteiger partial charge in [-0.2, -0.15) is 0 Å². The summed E-state index contributed by atoms with van der Waals surface area (Å²) in [5.41, 5.74) is 1.20. The molecular weight excluding hydrogens is 230 g/mol. The molecule has 4 nitrogen and oxygen atoms in total. The van der Waals surface area contributed by atoms with E-state index in [1.807, 2.05) is 30.3 Å². The van der Waals surface area contributed by atoms with Crippen LogP contribution in [-0.2, 0) is 16.0 Å². The Hall–Kier alpha value is -1.84. The van der Waals surface area contributed by atoms with Crippen LogP contribution in [0.2, 0.25) is 0 Å². The number of benzene rings is 1. The second-order valence-electron chi connectivity index (χ2n) is 4.30. The Bertz CT molecular complexity index is 389. The molecule has 0 saturated heterocycles. The van der Waals surface area contributed by atoms with E-state index in [1.54, 1.807) is 11.9 Å². The van der Waals surface area contributed by atoms with E-state index in [0.717, 1.165) is 6.42 Å². The standard InChI is InChI=1S/C14H19NO3/c1-15(13(16)8-5-9-14(17)18)11-10-12-6-3-2-4-7-12/h2-4,6-7H,5,8-11H2,1H3,(H,17,18). The molecule has 1 N–H and O–H groups in total. The van der Waals surface area contributed by atoms with Gasteiger partial charge >= 0.3 is 5.97 Å². The quantitative estimate of drug-likeness (QED) is 0.803. The van der Waals surface area contributed by atoms with Crippen molar-refractivity contribution in [1.82, 2.24) is 4.90 Å². The zero-order valence-electron chi connectivity index (χ0n) is 10.6. The van der Waals surface area contributed by atoms with Crippen LogP contribution in [0.1, 0.15) is 24.8 Å². The number of amides is 1. The van der Waals surface area contributed by atoms with E-state index >= 15 is 0 Å². The van der Waals surface area contributed by atoms with Crippen molar-refractivity contribution < 1.29 is 14.7 Å². The lowest BCUT2D eigenvalue weighted by atomic mass is 10.1. The molecule has 1 aromatic carbocycles. The summed E-state index contributed by atoms with van der Waals surface area (Å²) in [6.45, 7) is 0.663. The first-order valence-corrected chi connectivity index (χ1v) is 6.09. The maximum Gasteiger partial charge on any atom is 0.303 e. The molecule has 0 aromatic heterocycles. The molecule has 0 spiro atoms. The lowest BCUT2D eigenvalue weighted by molar-refractivity contribution is -0.137. The van der Waals surface area contributed by atoms with Crippen LogP contribution in [0.3, 0.4) is 0 Å². The van der Waals surface area contributed by atoms with Crippen LogP contribution in [-0.4, -0.2) is 35.5 Å². The summed E-state index contributed by atoms with van der Waals surface area (Å²) >= 11 is 0. The molecule has 0 radical (unpaired) electrons. The highest BCUT2D eigenvalue weighted by atomic mass is 16.4. The summed E-state index contributed by atoms with van der Waals surface area (Å²) in [6, 6.07) is 9.98. The van der Waals surface area contributed by atoms with Crippen molar-refractivity contribution in [3.63, 3.8) is 0 Å². The number of nitrogens with zero attached hydrogens (tertiary/aromatic N) is 1. The third kappa shape index (κ3) is 5.48. The number of hydrogen-bond donors (Lipinski definition) is 1. The maximum absolute atomic E-state index is 11.7. The van der Waals surface area contributed by atoms with Gasteiger partial charge in [0.15, 0.2) is 0 Å². The van der Waals surface area contributed by atoms with Gasteiger partial charge in [0, 0.05) is 26.4 Å². The van der Waals surface area contributed by atoms with E-state index in [-0.39, 0.29) is 12.3 Å². The normalized spacial score (nSPS) is 10.1. The Balaban J connectivity index is 2.25. The molecule has 0 heterocycles. The smallest absolute Gasteiger partial charge is 0.303 e. The second kappa shape index (κ2) is 7.48. The van der Waals surface area contributed by atoms with Crippen molar-refractivity contribution in [2.75, 3.05) is 13.6 Å². The van der Waals surface area contributed by atoms with E-state index in [9.17, 15) is 9.59 Å². The number of hydrogen-bond acceptors (Lipinski definition) is 2. The first-order valence-electron chi connectivity index (χ1n) is 6.09. The Kier molecular flexibility index (Phi) is 5.91. The SMILES string of the molecule is CN(CCc1ccccc1)C(=O)CCCC(=O)O. The fraction of sp³-hybridized carbons (Fsp3) is 0.429. The van der Waals surface area contributed by atoms with Crippen LogP contribution in [0, 0.1) is 0 Å². The lowest BCUT2D eigenvalue weighted by Crippen LogP contribution is -2.28. The summed E-state index contributed by atoms with van der Waals surface area (Å²) in [4.78, 5) is 23.7. The van der Waals surface area contributed by atoms with Crippen molar-refractivity contribution in [2.24, 2.45) is 0 Å². The van der Waals surface area contributed by atoms with Crippen LogP contribution in [0.4, 0.5) is 0 Å². The maximum atomic E-state index is 11.7. The van der Waals surface area contributed by atoms with E-state index in [4.69, 9.17) is 5.11 Å². The Morgan fingerprint density at radius 2 is 1.83 bits per heavy atom. The van der Waals surface area contributed by atoms with Gasteiger partial charge in [-0.25, -0.2) is 0 Å². The van der Waals surface area contributed by atoms with E-state index in [0.29, 0.717) is 19.4 Å². The number of carbonyl (C=O) groups excluding carboxylic acids is 1. The minimum atomic E-state index is -0.852. The van der Waals surface area contributed by atoms with Gasteiger partial charge in [-0.1, -0.05) is 30.3 Å². The molecule has 0 saturated carbocycles. The molecular formula is C14H19NO3. The summed E-state index contributed by atoms with van der Waals surface area (Å²) < 4.78 is 0. The van der Waals surface area contributed by atoms with Gasteiger partial charge in [0.05, 0.1) is 0 Å². The predicted octanol–water partition coefficient (Wildman–Crippen LogP) is 1.94. The number of carbonyl (C=O) groups is 2. The van der Waals surface area contributed by atoms with E-state index in [2.05, 4.69) is 0 Å². The minimum absolute atomic E-state index is 0.00665. The summed E-state index contributed by atoms with van der Waals surface area (Å²) in [6.07, 6.45) is 1.59. The van der Waals surface area contributed by atoms with Crippen molar-refractivity contribution in [1.29, 1.82) is 0 Å².